The van der Waals surface area contributed by atoms with Crippen LogP contribution in [-0.4, -0.2) is 15.8 Å². The van der Waals surface area contributed by atoms with Gasteiger partial charge in [-0.1, -0.05) is 13.8 Å². The second-order valence-corrected chi connectivity index (χ2v) is 4.92. The number of aryl methyl sites for hydroxylation is 1. The summed E-state index contributed by atoms with van der Waals surface area (Å²) in [6.07, 6.45) is 7.25. The minimum absolute atomic E-state index is 0.679. The Morgan fingerprint density at radius 3 is 2.93 bits per heavy atom. The third-order valence-corrected chi connectivity index (χ3v) is 3.03. The number of rotatable bonds is 5. The molecule has 0 bridgehead atoms. The SMILES string of the molecule is CC(C)CCn1ccc(NC2CCC2)n1. The van der Waals surface area contributed by atoms with Crippen LogP contribution in [0.1, 0.15) is 39.5 Å². The van der Waals surface area contributed by atoms with E-state index in [-0.39, 0.29) is 0 Å². The van der Waals surface area contributed by atoms with Crippen molar-refractivity contribution < 1.29 is 0 Å². The average molecular weight is 207 g/mol. The minimum Gasteiger partial charge on any atom is -0.366 e. The molecule has 1 N–H and O–H groups in total. The Labute approximate surface area is 91.9 Å². The van der Waals surface area contributed by atoms with Crippen LogP contribution in [0.5, 0.6) is 0 Å². The quantitative estimate of drug-likeness (QED) is 0.804. The second-order valence-electron chi connectivity index (χ2n) is 4.92. The van der Waals surface area contributed by atoms with Crippen molar-refractivity contribution in [3.63, 3.8) is 0 Å². The van der Waals surface area contributed by atoms with Gasteiger partial charge in [-0.25, -0.2) is 0 Å². The highest BCUT2D eigenvalue weighted by molar-refractivity contribution is 5.34. The minimum atomic E-state index is 0.679. The van der Waals surface area contributed by atoms with Gasteiger partial charge in [-0.15, -0.1) is 0 Å². The van der Waals surface area contributed by atoms with Gasteiger partial charge in [0.15, 0.2) is 0 Å². The Morgan fingerprint density at radius 2 is 2.33 bits per heavy atom. The monoisotopic (exact) mass is 207 g/mol. The third-order valence-electron chi connectivity index (χ3n) is 3.03. The molecule has 0 saturated heterocycles. The zero-order valence-electron chi connectivity index (χ0n) is 9.74. The molecule has 0 unspecified atom stereocenters. The molecule has 2 rings (SSSR count). The van der Waals surface area contributed by atoms with Gasteiger partial charge < -0.3 is 5.32 Å². The van der Waals surface area contributed by atoms with Crippen LogP contribution in [-0.2, 0) is 6.54 Å². The molecule has 0 amide bonds. The lowest BCUT2D eigenvalue weighted by Crippen LogP contribution is -2.27. The van der Waals surface area contributed by atoms with Crippen molar-refractivity contribution in [1.29, 1.82) is 0 Å². The maximum Gasteiger partial charge on any atom is 0.148 e. The Balaban J connectivity index is 1.80. The van der Waals surface area contributed by atoms with Crippen LogP contribution in [0.15, 0.2) is 12.3 Å². The van der Waals surface area contributed by atoms with E-state index < -0.39 is 0 Å². The van der Waals surface area contributed by atoms with E-state index in [1.165, 1.54) is 25.7 Å². The molecule has 0 aliphatic heterocycles. The van der Waals surface area contributed by atoms with Crippen LogP contribution in [0.25, 0.3) is 0 Å². The number of anilines is 1. The first-order chi connectivity index (χ1) is 7.24. The molecule has 0 atom stereocenters. The summed E-state index contributed by atoms with van der Waals surface area (Å²) >= 11 is 0. The summed E-state index contributed by atoms with van der Waals surface area (Å²) in [7, 11) is 0. The standard InChI is InChI=1S/C12H21N3/c1-10(2)6-8-15-9-7-12(14-15)13-11-4-3-5-11/h7,9-11H,3-6,8H2,1-2H3,(H,13,14). The molecule has 1 fully saturated rings. The lowest BCUT2D eigenvalue weighted by Gasteiger charge is -2.26. The number of hydrogen-bond donors (Lipinski definition) is 1. The molecular formula is C12H21N3. The molecule has 1 aliphatic rings. The Morgan fingerprint density at radius 1 is 1.53 bits per heavy atom. The highest BCUT2D eigenvalue weighted by Gasteiger charge is 2.17. The van der Waals surface area contributed by atoms with Crippen LogP contribution >= 0.6 is 0 Å². The fourth-order valence-electron chi connectivity index (χ4n) is 1.72. The second kappa shape index (κ2) is 4.69. The van der Waals surface area contributed by atoms with Crippen molar-refractivity contribution in [3.05, 3.63) is 12.3 Å². The van der Waals surface area contributed by atoms with Crippen molar-refractivity contribution in [2.75, 3.05) is 5.32 Å². The maximum absolute atomic E-state index is 4.51. The lowest BCUT2D eigenvalue weighted by atomic mass is 9.93. The largest absolute Gasteiger partial charge is 0.366 e. The molecule has 15 heavy (non-hydrogen) atoms. The summed E-state index contributed by atoms with van der Waals surface area (Å²) in [6.45, 7) is 5.53. The number of aromatic nitrogens is 2. The van der Waals surface area contributed by atoms with Gasteiger partial charge in [0.1, 0.15) is 5.82 Å². The average Bonchev–Trinajstić information content (AvgIpc) is 2.56. The van der Waals surface area contributed by atoms with Crippen molar-refractivity contribution in [2.24, 2.45) is 5.92 Å². The fourth-order valence-corrected chi connectivity index (χ4v) is 1.72. The molecule has 1 aliphatic carbocycles. The molecular weight excluding hydrogens is 186 g/mol. The molecule has 0 radical (unpaired) electrons. The molecule has 1 heterocycles. The Kier molecular flexibility index (Phi) is 3.29. The summed E-state index contributed by atoms with van der Waals surface area (Å²) in [6, 6.07) is 2.76. The van der Waals surface area contributed by atoms with Gasteiger partial charge in [0.05, 0.1) is 0 Å². The van der Waals surface area contributed by atoms with Crippen LogP contribution in [0, 0.1) is 5.92 Å². The van der Waals surface area contributed by atoms with E-state index in [2.05, 4.69) is 36.5 Å². The molecule has 0 aromatic carbocycles. The summed E-state index contributed by atoms with van der Waals surface area (Å²) < 4.78 is 2.04. The fraction of sp³-hybridized carbons (Fsp3) is 0.750. The number of hydrogen-bond acceptors (Lipinski definition) is 2. The van der Waals surface area contributed by atoms with E-state index in [1.54, 1.807) is 0 Å². The van der Waals surface area contributed by atoms with Crippen LogP contribution in [0.3, 0.4) is 0 Å². The summed E-state index contributed by atoms with van der Waals surface area (Å²) in [5.74, 6) is 1.79. The molecule has 1 aromatic rings. The highest BCUT2D eigenvalue weighted by atomic mass is 15.3. The first-order valence-corrected chi connectivity index (χ1v) is 6.04. The van der Waals surface area contributed by atoms with Crippen molar-refractivity contribution in [1.82, 2.24) is 9.78 Å². The van der Waals surface area contributed by atoms with Gasteiger partial charge in [-0.3, -0.25) is 4.68 Å². The van der Waals surface area contributed by atoms with E-state index in [4.69, 9.17) is 0 Å². The molecule has 1 aromatic heterocycles. The Hall–Kier alpha value is -0.990. The smallest absolute Gasteiger partial charge is 0.148 e. The van der Waals surface area contributed by atoms with E-state index in [0.717, 1.165) is 18.3 Å². The van der Waals surface area contributed by atoms with Crippen LogP contribution in [0.2, 0.25) is 0 Å². The topological polar surface area (TPSA) is 29.9 Å². The first kappa shape index (κ1) is 10.5. The van der Waals surface area contributed by atoms with E-state index in [1.807, 2.05) is 4.68 Å². The molecule has 84 valence electrons. The molecule has 0 spiro atoms. The van der Waals surface area contributed by atoms with Gasteiger partial charge in [-0.2, -0.15) is 5.10 Å². The van der Waals surface area contributed by atoms with E-state index in [9.17, 15) is 0 Å². The first-order valence-electron chi connectivity index (χ1n) is 6.04. The van der Waals surface area contributed by atoms with E-state index >= 15 is 0 Å². The summed E-state index contributed by atoms with van der Waals surface area (Å²) in [5, 5.41) is 7.96. The molecule has 3 heteroatoms. The van der Waals surface area contributed by atoms with Crippen LogP contribution in [0.4, 0.5) is 5.82 Å². The molecule has 3 nitrogen and oxygen atoms in total. The normalized spacial score (nSPS) is 16.7. The number of nitrogens with one attached hydrogen (secondary N) is 1. The van der Waals surface area contributed by atoms with Crippen molar-refractivity contribution in [2.45, 2.75) is 52.1 Å². The zero-order valence-corrected chi connectivity index (χ0v) is 9.74. The maximum atomic E-state index is 4.51. The molecule has 1 saturated carbocycles. The van der Waals surface area contributed by atoms with Gasteiger partial charge in [0.25, 0.3) is 0 Å². The van der Waals surface area contributed by atoms with Crippen molar-refractivity contribution >= 4 is 5.82 Å². The van der Waals surface area contributed by atoms with Gasteiger partial charge in [0, 0.05) is 24.8 Å². The zero-order chi connectivity index (χ0) is 10.7. The predicted molar refractivity (Wildman–Crippen MR) is 62.9 cm³/mol. The van der Waals surface area contributed by atoms with Gasteiger partial charge in [-0.05, 0) is 31.6 Å². The lowest BCUT2D eigenvalue weighted by molar-refractivity contribution is 0.442. The summed E-state index contributed by atoms with van der Waals surface area (Å²) in [4.78, 5) is 0. The van der Waals surface area contributed by atoms with Gasteiger partial charge >= 0.3 is 0 Å². The van der Waals surface area contributed by atoms with Crippen LogP contribution < -0.4 is 5.32 Å². The van der Waals surface area contributed by atoms with Gasteiger partial charge in [0.2, 0.25) is 0 Å². The third kappa shape index (κ3) is 2.98. The van der Waals surface area contributed by atoms with Crippen molar-refractivity contribution in [3.8, 4) is 0 Å². The predicted octanol–water partition coefficient (Wildman–Crippen LogP) is 2.89. The number of nitrogens with zero attached hydrogens (tertiary/aromatic N) is 2. The summed E-state index contributed by atoms with van der Waals surface area (Å²) in [5.41, 5.74) is 0. The Bertz CT molecular complexity index is 300. The van der Waals surface area contributed by atoms with E-state index in [0.29, 0.717) is 6.04 Å². The highest BCUT2D eigenvalue weighted by Crippen LogP contribution is 2.22.